The van der Waals surface area contributed by atoms with E-state index in [-0.39, 0.29) is 67.4 Å². The number of hydrogen-bond donors (Lipinski definition) is 0. The van der Waals surface area contributed by atoms with E-state index in [1.165, 1.54) is 64.5 Å². The molecule has 8 aromatic carbocycles. The van der Waals surface area contributed by atoms with Crippen LogP contribution in [0.2, 0.25) is 0 Å². The molecule has 0 nitrogen and oxygen atoms in total. The Labute approximate surface area is 338 Å². The zero-order valence-electron chi connectivity index (χ0n) is 26.5. The van der Waals surface area contributed by atoms with Crippen LogP contribution in [0.15, 0.2) is 194 Å². The quantitative estimate of drug-likeness (QED) is 0.0848. The van der Waals surface area contributed by atoms with Crippen molar-refractivity contribution in [3.8, 4) is 11.1 Å². The summed E-state index contributed by atoms with van der Waals surface area (Å²) >= 11 is 0. The topological polar surface area (TPSA) is 0 Å². The summed E-state index contributed by atoms with van der Waals surface area (Å²) in [6.07, 6.45) is 0. The van der Waals surface area contributed by atoms with Crippen molar-refractivity contribution in [3.63, 3.8) is 0 Å². The van der Waals surface area contributed by atoms with Gasteiger partial charge in [0, 0.05) is 19.5 Å². The van der Waals surface area contributed by atoms with Crippen molar-refractivity contribution < 1.29 is 19.5 Å². The van der Waals surface area contributed by atoms with Gasteiger partial charge in [-0.2, -0.15) is 0 Å². The number of fused-ring (bicyclic) bond motifs is 2. The fraction of sp³-hybridized carbons (Fsp3) is 0. The monoisotopic (exact) mass is 980 g/mol. The van der Waals surface area contributed by atoms with Gasteiger partial charge in [-0.1, -0.05) is 194 Å². The summed E-state index contributed by atoms with van der Waals surface area (Å²) in [5.41, 5.74) is 2.70. The van der Waals surface area contributed by atoms with Crippen molar-refractivity contribution in [2.45, 2.75) is 0 Å². The fourth-order valence-electron chi connectivity index (χ4n) is 6.58. The second-order valence-corrected chi connectivity index (χ2v) is 15.7. The third kappa shape index (κ3) is 7.63. The second-order valence-electron chi connectivity index (χ2n) is 11.4. The molecule has 0 aliphatic carbocycles. The van der Waals surface area contributed by atoms with E-state index in [2.05, 4.69) is 194 Å². The van der Waals surface area contributed by atoms with Crippen molar-refractivity contribution in [3.05, 3.63) is 194 Å². The first-order valence-electron chi connectivity index (χ1n) is 15.7. The molecule has 0 atom stereocenters. The van der Waals surface area contributed by atoms with Gasteiger partial charge in [0.15, 0.2) is 0 Å². The van der Waals surface area contributed by atoms with E-state index in [0.717, 1.165) is 0 Å². The maximum atomic E-state index is 2.42. The Morgan fingerprint density at radius 2 is 0.531 bits per heavy atom. The maximum absolute atomic E-state index is 2.42. The second kappa shape index (κ2) is 17.4. The first kappa shape index (κ1) is 37.5. The molecule has 0 saturated heterocycles. The smallest absolute Gasteiger partial charge is 0 e. The van der Waals surface area contributed by atoms with Crippen LogP contribution >= 0.6 is 63.8 Å². The van der Waals surface area contributed by atoms with Gasteiger partial charge in [-0.05, 0) is 80.3 Å². The minimum Gasteiger partial charge on any atom is -0.107 e. The summed E-state index contributed by atoms with van der Waals surface area (Å²) in [7, 11) is -1.70. The van der Waals surface area contributed by atoms with Crippen molar-refractivity contribution in [1.82, 2.24) is 0 Å². The van der Waals surface area contributed by atoms with Gasteiger partial charge >= 0.3 is 0 Å². The van der Waals surface area contributed by atoms with Gasteiger partial charge in [-0.15, -0.1) is 48.0 Å². The molecule has 0 unspecified atom stereocenters. The molecule has 0 fully saturated rings. The Balaban J connectivity index is 0.00000156. The van der Waals surface area contributed by atoms with Crippen LogP contribution in [0, 0.1) is 0 Å². The van der Waals surface area contributed by atoms with Crippen molar-refractivity contribution in [1.29, 1.82) is 0 Å². The normalized spacial score (nSPS) is 10.7. The SMILES string of the molecule is I.I.[Ru].c1ccc(P(c2ccccc2)c2ccc3ccccc3c2-c2c(P(c3ccccc3)c3ccccc3)ccc3ccccc23)cc1. The van der Waals surface area contributed by atoms with Gasteiger partial charge in [-0.3, -0.25) is 0 Å². The Morgan fingerprint density at radius 1 is 0.265 bits per heavy atom. The predicted octanol–water partition coefficient (Wildman–Crippen LogP) is 10.4. The van der Waals surface area contributed by atoms with Crippen molar-refractivity contribution in [2.75, 3.05) is 0 Å². The Hall–Kier alpha value is -2.78. The molecule has 0 aliphatic rings. The van der Waals surface area contributed by atoms with E-state index in [1.54, 1.807) is 0 Å². The van der Waals surface area contributed by atoms with Gasteiger partial charge in [-0.25, -0.2) is 0 Å². The average Bonchev–Trinajstić information content (AvgIpc) is 3.14. The molecule has 49 heavy (non-hydrogen) atoms. The van der Waals surface area contributed by atoms with Crippen molar-refractivity contribution in [2.24, 2.45) is 0 Å². The minimum atomic E-state index is -0.852. The molecule has 0 spiro atoms. The molecule has 0 aliphatic heterocycles. The molecule has 8 rings (SSSR count). The van der Waals surface area contributed by atoms with E-state index in [9.17, 15) is 0 Å². The van der Waals surface area contributed by atoms with Crippen LogP contribution in [0.1, 0.15) is 0 Å². The standard InChI is InChI=1S/C44H32P2.2HI.Ru/c1-5-19-35(20-6-1)45(36-21-7-2-8-22-36)41-31-29-33-17-13-15-27-39(33)43(41)44-40-28-16-14-18-34(40)30-32-42(44)46(37-23-9-3-10-24-37)38-25-11-4-12-26-38;;;/h1-32H;2*1H;. The minimum absolute atomic E-state index is 0. The number of benzene rings is 8. The third-order valence-corrected chi connectivity index (χ3v) is 13.6. The van der Waals surface area contributed by atoms with Crippen LogP contribution < -0.4 is 31.8 Å². The van der Waals surface area contributed by atoms with Gasteiger partial charge in [0.05, 0.1) is 0 Å². The van der Waals surface area contributed by atoms with Crippen molar-refractivity contribution >= 4 is 117 Å². The summed E-state index contributed by atoms with van der Waals surface area (Å²) in [6, 6.07) is 71.8. The Kier molecular flexibility index (Phi) is 13.3. The first-order valence-corrected chi connectivity index (χ1v) is 18.4. The number of rotatable bonds is 7. The summed E-state index contributed by atoms with van der Waals surface area (Å²) in [5.74, 6) is 0. The summed E-state index contributed by atoms with van der Waals surface area (Å²) in [4.78, 5) is 0. The van der Waals surface area contributed by atoms with Crippen LogP contribution in [-0.2, 0) is 19.5 Å². The molecule has 242 valence electrons. The van der Waals surface area contributed by atoms with Crippen LogP contribution in [-0.4, -0.2) is 0 Å². The Bertz CT molecular complexity index is 2020. The van der Waals surface area contributed by atoms with E-state index in [1.807, 2.05) is 0 Å². The molecule has 5 heteroatoms. The molecule has 0 aromatic heterocycles. The Morgan fingerprint density at radius 3 is 0.837 bits per heavy atom. The summed E-state index contributed by atoms with van der Waals surface area (Å²) < 4.78 is 0. The average molecular weight is 980 g/mol. The molecule has 0 amide bonds. The van der Waals surface area contributed by atoms with Crippen LogP contribution in [0.4, 0.5) is 0 Å². The van der Waals surface area contributed by atoms with Gasteiger partial charge in [0.2, 0.25) is 0 Å². The van der Waals surface area contributed by atoms with E-state index in [4.69, 9.17) is 0 Å². The molecular formula is C44H34I2P2Ru. The third-order valence-electron chi connectivity index (χ3n) is 8.60. The van der Waals surface area contributed by atoms with Gasteiger partial charge in [0.25, 0.3) is 0 Å². The number of halogens is 2. The van der Waals surface area contributed by atoms with Crippen LogP contribution in [0.3, 0.4) is 0 Å². The molecule has 8 aromatic rings. The van der Waals surface area contributed by atoms with Crippen LogP contribution in [0.25, 0.3) is 32.7 Å². The van der Waals surface area contributed by atoms with Gasteiger partial charge in [0.1, 0.15) is 0 Å². The summed E-state index contributed by atoms with van der Waals surface area (Å²) in [5, 5.41) is 13.3. The number of hydrogen-bond acceptors (Lipinski definition) is 0. The molecular weight excluding hydrogens is 945 g/mol. The first-order chi connectivity index (χ1) is 22.9. The predicted molar refractivity (Wildman–Crippen MR) is 235 cm³/mol. The molecule has 0 N–H and O–H groups in total. The largest absolute Gasteiger partial charge is 0.107 e. The van der Waals surface area contributed by atoms with Gasteiger partial charge < -0.3 is 0 Å². The fourth-order valence-corrected chi connectivity index (χ4v) is 11.5. The van der Waals surface area contributed by atoms with Crippen LogP contribution in [0.5, 0.6) is 0 Å². The van der Waals surface area contributed by atoms with E-state index >= 15 is 0 Å². The van der Waals surface area contributed by atoms with E-state index in [0.29, 0.717) is 0 Å². The zero-order valence-corrected chi connectivity index (χ0v) is 34.7. The molecule has 0 radical (unpaired) electrons. The summed E-state index contributed by atoms with van der Waals surface area (Å²) in [6.45, 7) is 0. The zero-order chi connectivity index (χ0) is 30.7. The van der Waals surface area contributed by atoms with E-state index < -0.39 is 15.8 Å². The molecule has 0 bridgehead atoms. The molecule has 0 saturated carbocycles. The molecule has 0 heterocycles. The maximum Gasteiger partial charge on any atom is 0 e.